The van der Waals surface area contributed by atoms with Gasteiger partial charge in [0.1, 0.15) is 0 Å². The fourth-order valence-electron chi connectivity index (χ4n) is 1.15. The molecule has 0 radical (unpaired) electrons. The molecule has 3 atom stereocenters. The highest BCUT2D eigenvalue weighted by molar-refractivity contribution is 4.80. The summed E-state index contributed by atoms with van der Waals surface area (Å²) in [5.74, 6) is 0.296. The Hall–Kier alpha value is -0.0800. The highest BCUT2D eigenvalue weighted by Gasteiger charge is 2.29. The maximum atomic E-state index is 9.02. The van der Waals surface area contributed by atoms with Crippen molar-refractivity contribution in [2.24, 2.45) is 5.92 Å². The van der Waals surface area contributed by atoms with Crippen LogP contribution in [0.1, 0.15) is 19.8 Å². The van der Waals surface area contributed by atoms with E-state index in [0.29, 0.717) is 5.92 Å². The van der Waals surface area contributed by atoms with Crippen LogP contribution in [-0.2, 0) is 0 Å². The summed E-state index contributed by atoms with van der Waals surface area (Å²) in [5, 5.41) is 17.9. The SMILES string of the molecule is C[C@@H]1CC[C@H](O)[C@H]1O. The lowest BCUT2D eigenvalue weighted by molar-refractivity contribution is 0.0245. The maximum absolute atomic E-state index is 9.02. The average Bonchev–Trinajstić information content (AvgIpc) is 1.98. The molecular formula is C6H12O2. The highest BCUT2D eigenvalue weighted by atomic mass is 16.3. The molecule has 1 fully saturated rings. The zero-order valence-corrected chi connectivity index (χ0v) is 5.04. The van der Waals surface area contributed by atoms with Crippen molar-refractivity contribution in [2.45, 2.75) is 32.0 Å². The van der Waals surface area contributed by atoms with Gasteiger partial charge in [-0.2, -0.15) is 0 Å². The van der Waals surface area contributed by atoms with Gasteiger partial charge in [-0.15, -0.1) is 0 Å². The van der Waals surface area contributed by atoms with Crippen LogP contribution in [-0.4, -0.2) is 22.4 Å². The van der Waals surface area contributed by atoms with Gasteiger partial charge < -0.3 is 10.2 Å². The van der Waals surface area contributed by atoms with Gasteiger partial charge in [-0.1, -0.05) is 6.92 Å². The van der Waals surface area contributed by atoms with Crippen LogP contribution in [0.4, 0.5) is 0 Å². The van der Waals surface area contributed by atoms with Crippen molar-refractivity contribution in [1.29, 1.82) is 0 Å². The molecule has 0 amide bonds. The second-order valence-electron chi connectivity index (χ2n) is 2.61. The molecule has 1 aliphatic carbocycles. The van der Waals surface area contributed by atoms with Crippen LogP contribution in [0.3, 0.4) is 0 Å². The Morgan fingerprint density at radius 3 is 2.00 bits per heavy atom. The molecule has 0 unspecified atom stereocenters. The molecule has 1 rings (SSSR count). The molecule has 0 aliphatic heterocycles. The minimum Gasteiger partial charge on any atom is -0.390 e. The standard InChI is InChI=1S/C6H12O2/c1-4-2-3-5(7)6(4)8/h4-8H,2-3H2,1H3/t4-,5+,6+/m1/s1. The second-order valence-corrected chi connectivity index (χ2v) is 2.61. The summed E-state index contributed by atoms with van der Waals surface area (Å²) in [4.78, 5) is 0. The molecule has 0 saturated heterocycles. The number of hydrogen-bond donors (Lipinski definition) is 2. The van der Waals surface area contributed by atoms with Gasteiger partial charge in [-0.3, -0.25) is 0 Å². The van der Waals surface area contributed by atoms with Crippen LogP contribution in [0.5, 0.6) is 0 Å². The normalized spacial score (nSPS) is 47.6. The van der Waals surface area contributed by atoms with Crippen molar-refractivity contribution in [2.75, 3.05) is 0 Å². The van der Waals surface area contributed by atoms with Crippen LogP contribution in [0.25, 0.3) is 0 Å². The summed E-state index contributed by atoms with van der Waals surface area (Å²) >= 11 is 0. The molecule has 2 N–H and O–H groups in total. The zero-order chi connectivity index (χ0) is 6.15. The predicted molar refractivity (Wildman–Crippen MR) is 30.4 cm³/mol. The van der Waals surface area contributed by atoms with E-state index in [1.54, 1.807) is 0 Å². The molecule has 0 spiro atoms. The van der Waals surface area contributed by atoms with Crippen LogP contribution in [0.2, 0.25) is 0 Å². The lowest BCUT2D eigenvalue weighted by Gasteiger charge is -2.09. The number of rotatable bonds is 0. The summed E-state index contributed by atoms with van der Waals surface area (Å²) < 4.78 is 0. The van der Waals surface area contributed by atoms with Crippen LogP contribution >= 0.6 is 0 Å². The van der Waals surface area contributed by atoms with E-state index in [4.69, 9.17) is 10.2 Å². The first kappa shape index (κ1) is 6.05. The third-order valence-corrected chi connectivity index (χ3v) is 1.90. The highest BCUT2D eigenvalue weighted by Crippen LogP contribution is 2.24. The molecule has 0 aromatic rings. The topological polar surface area (TPSA) is 40.5 Å². The zero-order valence-electron chi connectivity index (χ0n) is 5.04. The summed E-state index contributed by atoms with van der Waals surface area (Å²) in [7, 11) is 0. The van der Waals surface area contributed by atoms with Crippen molar-refractivity contribution < 1.29 is 10.2 Å². The van der Waals surface area contributed by atoms with E-state index in [1.165, 1.54) is 0 Å². The Morgan fingerprint density at radius 1 is 1.25 bits per heavy atom. The molecule has 0 aromatic carbocycles. The van der Waals surface area contributed by atoms with Gasteiger partial charge in [-0.25, -0.2) is 0 Å². The fraction of sp³-hybridized carbons (Fsp3) is 1.00. The van der Waals surface area contributed by atoms with Gasteiger partial charge in [-0.05, 0) is 18.8 Å². The summed E-state index contributed by atoms with van der Waals surface area (Å²) in [5.41, 5.74) is 0. The predicted octanol–water partition coefficient (Wildman–Crippen LogP) is 0.138. The lowest BCUT2D eigenvalue weighted by Crippen LogP contribution is -2.22. The molecule has 2 heteroatoms. The van der Waals surface area contributed by atoms with E-state index in [0.717, 1.165) is 12.8 Å². The van der Waals surface area contributed by atoms with Gasteiger partial charge in [0.05, 0.1) is 12.2 Å². The lowest BCUT2D eigenvalue weighted by atomic mass is 10.1. The minimum absolute atomic E-state index is 0.296. The summed E-state index contributed by atoms with van der Waals surface area (Å²) in [6.07, 6.45) is 0.810. The maximum Gasteiger partial charge on any atom is 0.0824 e. The third kappa shape index (κ3) is 0.858. The first-order valence-electron chi connectivity index (χ1n) is 3.08. The Morgan fingerprint density at radius 2 is 1.88 bits per heavy atom. The largest absolute Gasteiger partial charge is 0.390 e. The van der Waals surface area contributed by atoms with E-state index in [1.807, 2.05) is 6.92 Å². The van der Waals surface area contributed by atoms with E-state index in [9.17, 15) is 0 Å². The van der Waals surface area contributed by atoms with Gasteiger partial charge in [0.15, 0.2) is 0 Å². The third-order valence-electron chi connectivity index (χ3n) is 1.90. The minimum atomic E-state index is -0.463. The van der Waals surface area contributed by atoms with Crippen LogP contribution in [0.15, 0.2) is 0 Å². The molecule has 0 aromatic heterocycles. The van der Waals surface area contributed by atoms with Crippen molar-refractivity contribution in [3.05, 3.63) is 0 Å². The van der Waals surface area contributed by atoms with E-state index in [-0.39, 0.29) is 0 Å². The van der Waals surface area contributed by atoms with E-state index < -0.39 is 12.2 Å². The molecule has 0 heterocycles. The molecule has 1 aliphatic rings. The average molecular weight is 116 g/mol. The van der Waals surface area contributed by atoms with Gasteiger partial charge in [0.2, 0.25) is 0 Å². The summed E-state index contributed by atoms with van der Waals surface area (Å²) in [6.45, 7) is 1.96. The first-order valence-corrected chi connectivity index (χ1v) is 3.08. The van der Waals surface area contributed by atoms with Crippen LogP contribution < -0.4 is 0 Å². The number of hydrogen-bond acceptors (Lipinski definition) is 2. The molecule has 2 nitrogen and oxygen atoms in total. The Bertz CT molecular complexity index is 72.6. The van der Waals surface area contributed by atoms with Crippen LogP contribution in [0, 0.1) is 5.92 Å². The monoisotopic (exact) mass is 116 g/mol. The van der Waals surface area contributed by atoms with Gasteiger partial charge >= 0.3 is 0 Å². The van der Waals surface area contributed by atoms with Gasteiger partial charge in [0, 0.05) is 0 Å². The molecule has 1 saturated carbocycles. The summed E-state index contributed by atoms with van der Waals surface area (Å²) in [6, 6.07) is 0. The van der Waals surface area contributed by atoms with Crippen molar-refractivity contribution in [3.8, 4) is 0 Å². The number of aliphatic hydroxyl groups is 2. The molecule has 0 bridgehead atoms. The Labute approximate surface area is 49.1 Å². The Kier molecular flexibility index (Phi) is 1.54. The molecular weight excluding hydrogens is 104 g/mol. The van der Waals surface area contributed by atoms with Gasteiger partial charge in [0.25, 0.3) is 0 Å². The van der Waals surface area contributed by atoms with E-state index in [2.05, 4.69) is 0 Å². The first-order chi connectivity index (χ1) is 3.72. The molecule has 48 valence electrons. The quantitative estimate of drug-likeness (QED) is 0.472. The fourth-order valence-corrected chi connectivity index (χ4v) is 1.15. The van der Waals surface area contributed by atoms with E-state index >= 15 is 0 Å². The molecule has 8 heavy (non-hydrogen) atoms. The van der Waals surface area contributed by atoms with Crippen molar-refractivity contribution in [3.63, 3.8) is 0 Å². The van der Waals surface area contributed by atoms with Crippen molar-refractivity contribution in [1.82, 2.24) is 0 Å². The van der Waals surface area contributed by atoms with Crippen molar-refractivity contribution >= 4 is 0 Å². The Balaban J connectivity index is 2.44. The number of aliphatic hydroxyl groups excluding tert-OH is 2. The smallest absolute Gasteiger partial charge is 0.0824 e. The second kappa shape index (κ2) is 2.03.